The van der Waals surface area contributed by atoms with Gasteiger partial charge in [-0.3, -0.25) is 14.4 Å². The van der Waals surface area contributed by atoms with Crippen LogP contribution in [0.4, 0.5) is 0 Å². The first-order valence-corrected chi connectivity index (χ1v) is 9.15. The number of carbonyl (C=O) groups excluding carboxylic acids is 3. The van der Waals surface area contributed by atoms with Gasteiger partial charge < -0.3 is 10.2 Å². The van der Waals surface area contributed by atoms with Crippen LogP contribution in [-0.4, -0.2) is 47.2 Å². The highest BCUT2D eigenvalue weighted by molar-refractivity contribution is 8.14. The molecule has 0 aliphatic rings. The van der Waals surface area contributed by atoms with E-state index in [1.165, 1.54) is 18.7 Å². The number of amides is 2. The van der Waals surface area contributed by atoms with E-state index >= 15 is 0 Å². The summed E-state index contributed by atoms with van der Waals surface area (Å²) in [5, 5.41) is 2.81. The quantitative estimate of drug-likeness (QED) is 0.437. The average molecular weight is 343 g/mol. The van der Waals surface area contributed by atoms with Crippen LogP contribution in [0, 0.1) is 0 Å². The van der Waals surface area contributed by atoms with E-state index in [4.69, 9.17) is 0 Å². The summed E-state index contributed by atoms with van der Waals surface area (Å²) in [6.45, 7) is 10.6. The summed E-state index contributed by atoms with van der Waals surface area (Å²) in [7, 11) is 0. The predicted molar refractivity (Wildman–Crippen MR) is 96.3 cm³/mol. The topological polar surface area (TPSA) is 66.5 Å². The molecular weight excluding hydrogens is 312 g/mol. The molecule has 1 N–H and O–H groups in total. The highest BCUT2D eigenvalue weighted by Crippen LogP contribution is 2.11. The largest absolute Gasteiger partial charge is 0.356 e. The van der Waals surface area contributed by atoms with Gasteiger partial charge in [0.25, 0.3) is 0 Å². The fourth-order valence-electron chi connectivity index (χ4n) is 1.99. The molecule has 23 heavy (non-hydrogen) atoms. The minimum absolute atomic E-state index is 0.00152. The first-order chi connectivity index (χ1) is 10.8. The van der Waals surface area contributed by atoms with Crippen molar-refractivity contribution in [3.05, 3.63) is 12.2 Å². The van der Waals surface area contributed by atoms with Crippen LogP contribution in [0.1, 0.15) is 52.9 Å². The number of thioether (sulfide) groups is 1. The predicted octanol–water partition coefficient (Wildman–Crippen LogP) is 2.76. The van der Waals surface area contributed by atoms with Crippen LogP contribution >= 0.6 is 11.8 Å². The Balaban J connectivity index is 3.74. The SMILES string of the molecule is C=C(C)C(=O)SCCCCN(CCCCCNC(C)=O)C(C)=O. The molecule has 0 spiro atoms. The third kappa shape index (κ3) is 12.9. The number of hydrogen-bond acceptors (Lipinski definition) is 4. The second kappa shape index (κ2) is 13.2. The maximum absolute atomic E-state index is 11.6. The molecule has 0 aliphatic carbocycles. The van der Waals surface area contributed by atoms with Gasteiger partial charge in [-0.25, -0.2) is 0 Å². The molecule has 0 bridgehead atoms. The van der Waals surface area contributed by atoms with Gasteiger partial charge in [0.05, 0.1) is 0 Å². The Morgan fingerprint density at radius 3 is 2.09 bits per heavy atom. The smallest absolute Gasteiger partial charge is 0.219 e. The third-order valence-corrected chi connectivity index (χ3v) is 4.43. The lowest BCUT2D eigenvalue weighted by Gasteiger charge is -2.21. The molecule has 0 aliphatic heterocycles. The number of rotatable bonds is 12. The van der Waals surface area contributed by atoms with Crippen LogP contribution < -0.4 is 5.32 Å². The van der Waals surface area contributed by atoms with E-state index in [-0.39, 0.29) is 16.9 Å². The molecular formula is C17H30N2O3S. The molecule has 132 valence electrons. The van der Waals surface area contributed by atoms with Gasteiger partial charge in [0, 0.05) is 39.2 Å². The summed E-state index contributed by atoms with van der Waals surface area (Å²) < 4.78 is 0. The molecule has 0 saturated heterocycles. The Morgan fingerprint density at radius 1 is 0.957 bits per heavy atom. The lowest BCUT2D eigenvalue weighted by atomic mass is 10.2. The number of nitrogens with zero attached hydrogens (tertiary/aromatic N) is 1. The van der Waals surface area contributed by atoms with Crippen LogP contribution in [0.3, 0.4) is 0 Å². The lowest BCUT2D eigenvalue weighted by Crippen LogP contribution is -2.31. The van der Waals surface area contributed by atoms with Gasteiger partial charge in [0.1, 0.15) is 0 Å². The van der Waals surface area contributed by atoms with Gasteiger partial charge >= 0.3 is 0 Å². The Hall–Kier alpha value is -1.30. The summed E-state index contributed by atoms with van der Waals surface area (Å²) in [6, 6.07) is 0. The Bertz CT molecular complexity index is 411. The van der Waals surface area contributed by atoms with Crippen molar-refractivity contribution in [1.82, 2.24) is 10.2 Å². The molecule has 6 heteroatoms. The summed E-state index contributed by atoms with van der Waals surface area (Å²) in [6.07, 6.45) is 4.69. The van der Waals surface area contributed by atoms with Gasteiger partial charge in [0.2, 0.25) is 16.9 Å². The summed E-state index contributed by atoms with van der Waals surface area (Å²) in [5.41, 5.74) is 0.583. The molecule has 0 saturated carbocycles. The summed E-state index contributed by atoms with van der Waals surface area (Å²) in [4.78, 5) is 35.6. The molecule has 0 rings (SSSR count). The Kier molecular flexibility index (Phi) is 12.4. The normalized spacial score (nSPS) is 10.2. The number of hydrogen-bond donors (Lipinski definition) is 1. The van der Waals surface area contributed by atoms with Gasteiger partial charge in [0.15, 0.2) is 0 Å². The molecule has 0 aromatic rings. The fraction of sp³-hybridized carbons (Fsp3) is 0.706. The average Bonchev–Trinajstić information content (AvgIpc) is 2.47. The standard InChI is InChI=1S/C17H30N2O3S/c1-14(2)17(22)23-13-9-8-12-19(16(4)21)11-7-5-6-10-18-15(3)20/h1,5-13H2,2-4H3,(H,18,20). The van der Waals surface area contributed by atoms with E-state index in [0.717, 1.165) is 50.9 Å². The fourth-order valence-corrected chi connectivity index (χ4v) is 2.77. The zero-order chi connectivity index (χ0) is 17.7. The van der Waals surface area contributed by atoms with E-state index < -0.39 is 0 Å². The number of unbranched alkanes of at least 4 members (excludes halogenated alkanes) is 3. The van der Waals surface area contributed by atoms with E-state index in [9.17, 15) is 14.4 Å². The molecule has 0 atom stereocenters. The van der Waals surface area contributed by atoms with Crippen molar-refractivity contribution in [2.45, 2.75) is 52.9 Å². The summed E-state index contributed by atoms with van der Waals surface area (Å²) >= 11 is 1.30. The highest BCUT2D eigenvalue weighted by atomic mass is 32.2. The van der Waals surface area contributed by atoms with Crippen LogP contribution in [0.5, 0.6) is 0 Å². The minimum atomic E-state index is -0.00152. The molecule has 2 amide bonds. The third-order valence-electron chi connectivity index (χ3n) is 3.33. The van der Waals surface area contributed by atoms with Crippen molar-refractivity contribution in [3.63, 3.8) is 0 Å². The van der Waals surface area contributed by atoms with Crippen molar-refractivity contribution < 1.29 is 14.4 Å². The van der Waals surface area contributed by atoms with Crippen LogP contribution in [0.15, 0.2) is 12.2 Å². The lowest BCUT2D eigenvalue weighted by molar-refractivity contribution is -0.129. The van der Waals surface area contributed by atoms with E-state index in [0.29, 0.717) is 12.1 Å². The van der Waals surface area contributed by atoms with E-state index in [2.05, 4.69) is 11.9 Å². The number of nitrogens with one attached hydrogen (secondary N) is 1. The van der Waals surface area contributed by atoms with Gasteiger partial charge in [-0.2, -0.15) is 0 Å². The van der Waals surface area contributed by atoms with Gasteiger partial charge in [-0.05, 0) is 44.6 Å². The van der Waals surface area contributed by atoms with Crippen molar-refractivity contribution in [2.24, 2.45) is 0 Å². The first kappa shape index (κ1) is 21.7. The van der Waals surface area contributed by atoms with Crippen molar-refractivity contribution >= 4 is 28.7 Å². The minimum Gasteiger partial charge on any atom is -0.356 e. The van der Waals surface area contributed by atoms with Crippen molar-refractivity contribution in [2.75, 3.05) is 25.4 Å². The second-order valence-electron chi connectivity index (χ2n) is 5.67. The molecule has 5 nitrogen and oxygen atoms in total. The summed E-state index contributed by atoms with van der Waals surface area (Å²) in [5.74, 6) is 0.865. The first-order valence-electron chi connectivity index (χ1n) is 8.17. The maximum Gasteiger partial charge on any atom is 0.219 e. The molecule has 0 fully saturated rings. The van der Waals surface area contributed by atoms with E-state index in [1.807, 2.05) is 4.90 Å². The van der Waals surface area contributed by atoms with Gasteiger partial charge in [-0.1, -0.05) is 18.3 Å². The van der Waals surface area contributed by atoms with Crippen molar-refractivity contribution in [1.29, 1.82) is 0 Å². The zero-order valence-electron chi connectivity index (χ0n) is 14.7. The Labute approximate surface area is 144 Å². The van der Waals surface area contributed by atoms with Crippen LogP contribution in [0.25, 0.3) is 0 Å². The molecule has 0 unspecified atom stereocenters. The maximum atomic E-state index is 11.6. The zero-order valence-corrected chi connectivity index (χ0v) is 15.5. The van der Waals surface area contributed by atoms with Crippen LogP contribution in [-0.2, 0) is 14.4 Å². The van der Waals surface area contributed by atoms with Gasteiger partial charge in [-0.15, -0.1) is 0 Å². The van der Waals surface area contributed by atoms with Crippen LogP contribution in [0.2, 0.25) is 0 Å². The Morgan fingerprint density at radius 2 is 1.57 bits per heavy atom. The van der Waals surface area contributed by atoms with Crippen molar-refractivity contribution in [3.8, 4) is 0 Å². The van der Waals surface area contributed by atoms with E-state index in [1.54, 1.807) is 13.8 Å². The molecule has 0 heterocycles. The highest BCUT2D eigenvalue weighted by Gasteiger charge is 2.08. The monoisotopic (exact) mass is 342 g/mol. The molecule has 0 radical (unpaired) electrons. The second-order valence-corrected chi connectivity index (χ2v) is 6.74. The molecule has 0 aromatic heterocycles. The number of carbonyl (C=O) groups is 3. The molecule has 0 aromatic carbocycles.